The zero-order chi connectivity index (χ0) is 10.3. The molecule has 0 bridgehead atoms. The van der Waals surface area contributed by atoms with Gasteiger partial charge in [-0.1, -0.05) is 27.7 Å². The Bertz CT molecular complexity index is 196. The molecular formula is C14H26. The molecule has 0 aromatic carbocycles. The minimum absolute atomic E-state index is 0.979. The Kier molecular flexibility index (Phi) is 2.91. The number of hydrogen-bond donors (Lipinski definition) is 0. The van der Waals surface area contributed by atoms with E-state index in [-0.39, 0.29) is 0 Å². The fourth-order valence-corrected chi connectivity index (χ4v) is 4.13. The minimum Gasteiger partial charge on any atom is -0.0625 e. The molecule has 0 saturated heterocycles. The van der Waals surface area contributed by atoms with Crippen LogP contribution in [0.5, 0.6) is 0 Å². The predicted octanol–water partition coefficient (Wildman–Crippen LogP) is 4.35. The van der Waals surface area contributed by atoms with Crippen LogP contribution in [0, 0.1) is 35.5 Å². The van der Waals surface area contributed by atoms with Gasteiger partial charge in [-0.2, -0.15) is 0 Å². The summed E-state index contributed by atoms with van der Waals surface area (Å²) in [4.78, 5) is 0. The summed E-state index contributed by atoms with van der Waals surface area (Å²) < 4.78 is 0. The number of fused-ring (bicyclic) bond motifs is 1. The summed E-state index contributed by atoms with van der Waals surface area (Å²) >= 11 is 0. The van der Waals surface area contributed by atoms with Crippen molar-refractivity contribution in [3.8, 4) is 0 Å². The topological polar surface area (TPSA) is 0 Å². The second kappa shape index (κ2) is 3.87. The van der Waals surface area contributed by atoms with Gasteiger partial charge >= 0.3 is 0 Å². The van der Waals surface area contributed by atoms with Crippen molar-refractivity contribution in [2.24, 2.45) is 35.5 Å². The normalized spacial score (nSPS) is 54.0. The third-order valence-electron chi connectivity index (χ3n) is 5.11. The van der Waals surface area contributed by atoms with Gasteiger partial charge in [0.1, 0.15) is 0 Å². The first-order chi connectivity index (χ1) is 6.58. The van der Waals surface area contributed by atoms with Gasteiger partial charge in [-0.05, 0) is 61.2 Å². The predicted molar refractivity (Wildman–Crippen MR) is 62.1 cm³/mol. The van der Waals surface area contributed by atoms with Crippen LogP contribution >= 0.6 is 0 Å². The molecule has 0 heterocycles. The van der Waals surface area contributed by atoms with Crippen LogP contribution in [-0.2, 0) is 0 Å². The summed E-state index contributed by atoms with van der Waals surface area (Å²) in [5.74, 6) is 6.09. The van der Waals surface area contributed by atoms with Crippen molar-refractivity contribution >= 4 is 0 Å². The number of rotatable bonds is 0. The Morgan fingerprint density at radius 3 is 2.00 bits per heavy atom. The highest BCUT2D eigenvalue weighted by Crippen LogP contribution is 2.48. The van der Waals surface area contributed by atoms with E-state index >= 15 is 0 Å². The highest BCUT2D eigenvalue weighted by Gasteiger charge is 2.39. The lowest BCUT2D eigenvalue weighted by Gasteiger charge is -2.47. The molecule has 0 aliphatic heterocycles. The van der Waals surface area contributed by atoms with Crippen LogP contribution in [0.25, 0.3) is 0 Å². The van der Waals surface area contributed by atoms with Crippen molar-refractivity contribution < 1.29 is 0 Å². The molecule has 6 atom stereocenters. The Hall–Kier alpha value is 0. The molecule has 2 aliphatic carbocycles. The van der Waals surface area contributed by atoms with Gasteiger partial charge in [0.05, 0.1) is 0 Å². The van der Waals surface area contributed by atoms with E-state index in [1.807, 2.05) is 0 Å². The second-order valence-corrected chi connectivity index (χ2v) is 6.40. The van der Waals surface area contributed by atoms with Gasteiger partial charge in [0.2, 0.25) is 0 Å². The Morgan fingerprint density at radius 2 is 1.29 bits per heavy atom. The standard InChI is InChI=1S/C14H26/c1-9-5-12(4)14-8-11(3)10(2)7-13(14)6-9/h9-14H,5-8H2,1-4H3. The molecule has 0 amide bonds. The molecule has 0 spiro atoms. The highest BCUT2D eigenvalue weighted by molar-refractivity contribution is 4.89. The maximum absolute atomic E-state index is 2.50. The Morgan fingerprint density at radius 1 is 0.643 bits per heavy atom. The van der Waals surface area contributed by atoms with Gasteiger partial charge in [0, 0.05) is 0 Å². The zero-order valence-corrected chi connectivity index (χ0v) is 10.3. The molecular weight excluding hydrogens is 168 g/mol. The van der Waals surface area contributed by atoms with Gasteiger partial charge in [0.15, 0.2) is 0 Å². The van der Waals surface area contributed by atoms with Crippen LogP contribution < -0.4 is 0 Å². The van der Waals surface area contributed by atoms with Crippen molar-refractivity contribution in [2.75, 3.05) is 0 Å². The summed E-state index contributed by atoms with van der Waals surface area (Å²) in [6.07, 6.45) is 6.04. The summed E-state index contributed by atoms with van der Waals surface area (Å²) in [5, 5.41) is 0. The fraction of sp³-hybridized carbons (Fsp3) is 1.00. The van der Waals surface area contributed by atoms with Gasteiger partial charge in [-0.15, -0.1) is 0 Å². The van der Waals surface area contributed by atoms with Gasteiger partial charge in [0.25, 0.3) is 0 Å². The molecule has 6 unspecified atom stereocenters. The molecule has 0 radical (unpaired) electrons. The highest BCUT2D eigenvalue weighted by atomic mass is 14.4. The summed E-state index contributed by atoms with van der Waals surface area (Å²) in [6, 6.07) is 0. The molecule has 2 aliphatic rings. The smallest absolute Gasteiger partial charge is 0.0357 e. The third kappa shape index (κ3) is 1.85. The SMILES string of the molecule is CC1CC(C)C2CC(C)C(C)CC2C1. The summed E-state index contributed by atoms with van der Waals surface area (Å²) in [5.41, 5.74) is 0. The molecule has 0 nitrogen and oxygen atoms in total. The summed E-state index contributed by atoms with van der Waals surface area (Å²) in [6.45, 7) is 9.88. The lowest BCUT2D eigenvalue weighted by atomic mass is 9.59. The zero-order valence-electron chi connectivity index (χ0n) is 10.3. The summed E-state index contributed by atoms with van der Waals surface area (Å²) in [7, 11) is 0. The second-order valence-electron chi connectivity index (χ2n) is 6.40. The van der Waals surface area contributed by atoms with Crippen molar-refractivity contribution in [3.63, 3.8) is 0 Å². The van der Waals surface area contributed by atoms with E-state index in [0.29, 0.717) is 0 Å². The van der Waals surface area contributed by atoms with E-state index in [1.165, 1.54) is 25.7 Å². The molecule has 14 heavy (non-hydrogen) atoms. The Balaban J connectivity index is 2.06. The maximum Gasteiger partial charge on any atom is -0.0357 e. The maximum atomic E-state index is 2.50. The molecule has 2 fully saturated rings. The molecule has 0 aromatic rings. The van der Waals surface area contributed by atoms with Crippen molar-refractivity contribution in [2.45, 2.75) is 53.4 Å². The van der Waals surface area contributed by atoms with E-state index in [4.69, 9.17) is 0 Å². The third-order valence-corrected chi connectivity index (χ3v) is 5.11. The largest absolute Gasteiger partial charge is 0.0625 e. The average Bonchev–Trinajstić information content (AvgIpc) is 2.08. The van der Waals surface area contributed by atoms with E-state index < -0.39 is 0 Å². The van der Waals surface area contributed by atoms with Gasteiger partial charge in [-0.3, -0.25) is 0 Å². The van der Waals surface area contributed by atoms with E-state index in [9.17, 15) is 0 Å². The van der Waals surface area contributed by atoms with Crippen LogP contribution in [-0.4, -0.2) is 0 Å². The average molecular weight is 194 g/mol. The molecule has 0 heteroatoms. The first-order valence-electron chi connectivity index (χ1n) is 6.58. The van der Waals surface area contributed by atoms with E-state index in [2.05, 4.69) is 27.7 Å². The lowest BCUT2D eigenvalue weighted by molar-refractivity contribution is 0.0337. The first-order valence-corrected chi connectivity index (χ1v) is 6.58. The van der Waals surface area contributed by atoms with Gasteiger partial charge < -0.3 is 0 Å². The van der Waals surface area contributed by atoms with Crippen LogP contribution in [0.1, 0.15) is 53.4 Å². The minimum atomic E-state index is 0.979. The van der Waals surface area contributed by atoms with Crippen LogP contribution in [0.4, 0.5) is 0 Å². The molecule has 2 rings (SSSR count). The Labute approximate surface area is 89.5 Å². The number of hydrogen-bond acceptors (Lipinski definition) is 0. The van der Waals surface area contributed by atoms with Gasteiger partial charge in [-0.25, -0.2) is 0 Å². The molecule has 0 aromatic heterocycles. The van der Waals surface area contributed by atoms with Crippen LogP contribution in [0.2, 0.25) is 0 Å². The first kappa shape index (κ1) is 10.5. The van der Waals surface area contributed by atoms with E-state index in [1.54, 1.807) is 0 Å². The van der Waals surface area contributed by atoms with Crippen molar-refractivity contribution in [3.05, 3.63) is 0 Å². The van der Waals surface area contributed by atoms with Crippen molar-refractivity contribution in [1.29, 1.82) is 0 Å². The lowest BCUT2D eigenvalue weighted by Crippen LogP contribution is -2.37. The monoisotopic (exact) mass is 194 g/mol. The van der Waals surface area contributed by atoms with Crippen LogP contribution in [0.15, 0.2) is 0 Å². The molecule has 2 saturated carbocycles. The van der Waals surface area contributed by atoms with Crippen LogP contribution in [0.3, 0.4) is 0 Å². The van der Waals surface area contributed by atoms with E-state index in [0.717, 1.165) is 35.5 Å². The molecule has 82 valence electrons. The quantitative estimate of drug-likeness (QED) is 0.538. The fourth-order valence-electron chi connectivity index (χ4n) is 4.13. The molecule has 0 N–H and O–H groups in total. The van der Waals surface area contributed by atoms with Crippen molar-refractivity contribution in [1.82, 2.24) is 0 Å².